The van der Waals surface area contributed by atoms with Gasteiger partial charge >= 0.3 is 0 Å². The van der Waals surface area contributed by atoms with Gasteiger partial charge in [0.1, 0.15) is 0 Å². The summed E-state index contributed by atoms with van der Waals surface area (Å²) in [7, 11) is 0. The van der Waals surface area contributed by atoms with Crippen LogP contribution in [-0.4, -0.2) is 41.8 Å². The highest BCUT2D eigenvalue weighted by atomic mass is 16.2. The minimum Gasteiger partial charge on any atom is -0.339 e. The number of piperidine rings is 1. The number of rotatable bonds is 4. The number of nitrogens with one attached hydrogen (secondary N) is 1. The number of nitrogens with zero attached hydrogens (tertiary/aromatic N) is 2. The third-order valence-corrected chi connectivity index (χ3v) is 5.33. The van der Waals surface area contributed by atoms with Crippen LogP contribution in [0.3, 0.4) is 0 Å². The minimum atomic E-state index is -0.279. The summed E-state index contributed by atoms with van der Waals surface area (Å²) in [6.45, 7) is 4.79. The Morgan fingerprint density at radius 1 is 1.27 bits per heavy atom. The number of amides is 3. The van der Waals surface area contributed by atoms with Crippen LogP contribution in [0.4, 0.5) is 11.4 Å². The second-order valence-electron chi connectivity index (χ2n) is 7.23. The van der Waals surface area contributed by atoms with Gasteiger partial charge in [0.25, 0.3) is 0 Å². The van der Waals surface area contributed by atoms with Gasteiger partial charge in [0, 0.05) is 43.9 Å². The average Bonchev–Trinajstić information content (AvgIpc) is 3.02. The van der Waals surface area contributed by atoms with E-state index in [2.05, 4.69) is 12.2 Å². The lowest BCUT2D eigenvalue weighted by molar-refractivity contribution is -0.139. The summed E-state index contributed by atoms with van der Waals surface area (Å²) in [5.74, 6) is -0.350. The first-order valence-corrected chi connectivity index (χ1v) is 9.48. The Hall–Kier alpha value is -2.37. The molecule has 2 fully saturated rings. The van der Waals surface area contributed by atoms with E-state index in [4.69, 9.17) is 0 Å². The topological polar surface area (TPSA) is 69.7 Å². The Morgan fingerprint density at radius 2 is 2.08 bits per heavy atom. The molecule has 0 aliphatic carbocycles. The molecule has 140 valence electrons. The molecule has 2 saturated heterocycles. The summed E-state index contributed by atoms with van der Waals surface area (Å²) < 4.78 is 0. The van der Waals surface area contributed by atoms with Gasteiger partial charge in [-0.1, -0.05) is 13.0 Å². The van der Waals surface area contributed by atoms with Crippen LogP contribution >= 0.6 is 0 Å². The summed E-state index contributed by atoms with van der Waals surface area (Å²) in [5.41, 5.74) is 1.38. The van der Waals surface area contributed by atoms with Gasteiger partial charge in [0.2, 0.25) is 17.7 Å². The third kappa shape index (κ3) is 3.89. The van der Waals surface area contributed by atoms with Crippen LogP contribution < -0.4 is 10.2 Å². The molecule has 0 aromatic heterocycles. The first-order chi connectivity index (χ1) is 12.5. The molecule has 2 aliphatic rings. The molecule has 2 atom stereocenters. The maximum Gasteiger partial charge on any atom is 0.228 e. The summed E-state index contributed by atoms with van der Waals surface area (Å²) in [4.78, 5) is 40.4. The molecule has 0 saturated carbocycles. The molecule has 0 bridgehead atoms. The van der Waals surface area contributed by atoms with Gasteiger partial charge in [-0.15, -0.1) is 0 Å². The summed E-state index contributed by atoms with van der Waals surface area (Å²) in [5, 5.41) is 2.73. The lowest BCUT2D eigenvalue weighted by Gasteiger charge is -2.36. The van der Waals surface area contributed by atoms with Crippen LogP contribution in [0.1, 0.15) is 46.0 Å². The molecule has 3 amide bonds. The fourth-order valence-corrected chi connectivity index (χ4v) is 4.03. The summed E-state index contributed by atoms with van der Waals surface area (Å²) in [6.07, 6.45) is 4.51. The molecule has 1 N–H and O–H groups in total. The third-order valence-electron chi connectivity index (χ3n) is 5.33. The second kappa shape index (κ2) is 7.89. The molecule has 0 spiro atoms. The fourth-order valence-electron chi connectivity index (χ4n) is 4.03. The second-order valence-corrected chi connectivity index (χ2v) is 7.23. The molecule has 2 aliphatic heterocycles. The van der Waals surface area contributed by atoms with Crippen LogP contribution in [0.15, 0.2) is 24.3 Å². The van der Waals surface area contributed by atoms with Crippen molar-refractivity contribution >= 4 is 29.1 Å². The van der Waals surface area contributed by atoms with Crippen molar-refractivity contribution in [3.63, 3.8) is 0 Å². The van der Waals surface area contributed by atoms with Gasteiger partial charge in [-0.3, -0.25) is 14.4 Å². The number of carbonyl (C=O) groups is 3. The first-order valence-electron chi connectivity index (χ1n) is 9.48. The van der Waals surface area contributed by atoms with Crippen molar-refractivity contribution in [3.8, 4) is 0 Å². The van der Waals surface area contributed by atoms with E-state index in [1.807, 2.05) is 11.0 Å². The van der Waals surface area contributed by atoms with E-state index in [9.17, 15) is 14.4 Å². The van der Waals surface area contributed by atoms with E-state index in [1.54, 1.807) is 23.1 Å². The largest absolute Gasteiger partial charge is 0.339 e. The summed E-state index contributed by atoms with van der Waals surface area (Å²) in [6, 6.07) is 7.52. The maximum atomic E-state index is 13.0. The Balaban J connectivity index is 1.72. The van der Waals surface area contributed by atoms with Gasteiger partial charge in [-0.05, 0) is 43.9 Å². The van der Waals surface area contributed by atoms with Crippen molar-refractivity contribution in [2.45, 2.75) is 52.0 Å². The van der Waals surface area contributed by atoms with Crippen LogP contribution in [0.2, 0.25) is 0 Å². The molecule has 2 heterocycles. The molecule has 3 rings (SSSR count). The van der Waals surface area contributed by atoms with Crippen molar-refractivity contribution in [2.24, 2.45) is 5.92 Å². The predicted molar refractivity (Wildman–Crippen MR) is 101 cm³/mol. The maximum absolute atomic E-state index is 13.0. The molecule has 0 radical (unpaired) electrons. The molecular formula is C20H27N3O3. The normalized spacial score (nSPS) is 23.2. The Labute approximate surface area is 154 Å². The number of carbonyl (C=O) groups excluding carboxylic acids is 3. The zero-order valence-corrected chi connectivity index (χ0v) is 15.5. The zero-order chi connectivity index (χ0) is 18.7. The average molecular weight is 357 g/mol. The molecular weight excluding hydrogens is 330 g/mol. The van der Waals surface area contributed by atoms with Gasteiger partial charge in [-0.2, -0.15) is 0 Å². The fraction of sp³-hybridized carbons (Fsp3) is 0.550. The SMILES string of the molecule is CCC1CCCCN1C(=O)C1CC(=O)N(c2cccc(NC(C)=O)c2)C1. The van der Waals surface area contributed by atoms with E-state index in [0.717, 1.165) is 31.5 Å². The molecule has 26 heavy (non-hydrogen) atoms. The van der Waals surface area contributed by atoms with Crippen molar-refractivity contribution in [1.82, 2.24) is 4.90 Å². The van der Waals surface area contributed by atoms with Gasteiger partial charge in [-0.25, -0.2) is 0 Å². The van der Waals surface area contributed by atoms with E-state index >= 15 is 0 Å². The van der Waals surface area contributed by atoms with Crippen molar-refractivity contribution in [2.75, 3.05) is 23.3 Å². The Bertz CT molecular complexity index is 703. The van der Waals surface area contributed by atoms with Gasteiger partial charge in [0.05, 0.1) is 5.92 Å². The van der Waals surface area contributed by atoms with E-state index in [1.165, 1.54) is 13.3 Å². The van der Waals surface area contributed by atoms with Gasteiger partial charge < -0.3 is 15.1 Å². The molecule has 6 nitrogen and oxygen atoms in total. The van der Waals surface area contributed by atoms with E-state index in [0.29, 0.717) is 18.3 Å². The highest BCUT2D eigenvalue weighted by molar-refractivity contribution is 6.01. The molecule has 2 unspecified atom stereocenters. The number of hydrogen-bond acceptors (Lipinski definition) is 3. The quantitative estimate of drug-likeness (QED) is 0.901. The number of hydrogen-bond donors (Lipinski definition) is 1. The van der Waals surface area contributed by atoms with Crippen LogP contribution in [0.25, 0.3) is 0 Å². The van der Waals surface area contributed by atoms with Crippen molar-refractivity contribution in [1.29, 1.82) is 0 Å². The molecule has 1 aromatic rings. The zero-order valence-electron chi connectivity index (χ0n) is 15.5. The lowest BCUT2D eigenvalue weighted by atomic mass is 9.97. The smallest absolute Gasteiger partial charge is 0.228 e. The highest BCUT2D eigenvalue weighted by Gasteiger charge is 2.39. The number of benzene rings is 1. The van der Waals surface area contributed by atoms with E-state index in [-0.39, 0.29) is 30.1 Å². The molecule has 1 aromatic carbocycles. The lowest BCUT2D eigenvalue weighted by Crippen LogP contribution is -2.46. The summed E-state index contributed by atoms with van der Waals surface area (Å²) >= 11 is 0. The standard InChI is InChI=1S/C20H27N3O3/c1-3-17-8-4-5-10-22(17)20(26)15-11-19(25)23(13-15)18-9-6-7-16(12-18)21-14(2)24/h6-7,9,12,15,17H,3-5,8,10-11,13H2,1-2H3,(H,21,24). The Morgan fingerprint density at radius 3 is 2.81 bits per heavy atom. The highest BCUT2D eigenvalue weighted by Crippen LogP contribution is 2.30. The first kappa shape index (κ1) is 18.4. The van der Waals surface area contributed by atoms with Crippen LogP contribution in [0.5, 0.6) is 0 Å². The monoisotopic (exact) mass is 357 g/mol. The Kier molecular flexibility index (Phi) is 5.59. The van der Waals surface area contributed by atoms with Crippen molar-refractivity contribution in [3.05, 3.63) is 24.3 Å². The minimum absolute atomic E-state index is 0.0339. The van der Waals surface area contributed by atoms with Crippen LogP contribution in [0, 0.1) is 5.92 Å². The number of likely N-dealkylation sites (tertiary alicyclic amines) is 1. The van der Waals surface area contributed by atoms with E-state index < -0.39 is 0 Å². The number of anilines is 2. The predicted octanol–water partition coefficient (Wildman–Crippen LogP) is 2.79. The molecule has 6 heteroatoms. The van der Waals surface area contributed by atoms with Crippen LogP contribution in [-0.2, 0) is 14.4 Å². The van der Waals surface area contributed by atoms with Gasteiger partial charge in [0.15, 0.2) is 0 Å². The van der Waals surface area contributed by atoms with Crippen molar-refractivity contribution < 1.29 is 14.4 Å².